The summed E-state index contributed by atoms with van der Waals surface area (Å²) < 4.78 is 0. The van der Waals surface area contributed by atoms with Gasteiger partial charge in [-0.05, 0) is 23.8 Å². The minimum Gasteiger partial charge on any atom is -0.348 e. The van der Waals surface area contributed by atoms with Crippen molar-refractivity contribution in [2.24, 2.45) is 0 Å². The molecule has 0 fully saturated rings. The maximum atomic E-state index is 11.5. The molecule has 0 saturated carbocycles. The predicted octanol–water partition coefficient (Wildman–Crippen LogP) is 2.55. The number of nitriles is 1. The Bertz CT molecular complexity index is 483. The summed E-state index contributed by atoms with van der Waals surface area (Å²) in [5, 5.41) is 12.0. The molecule has 1 N–H and O–H groups in total. The summed E-state index contributed by atoms with van der Waals surface area (Å²) in [6.45, 7) is 3.81. The third-order valence-electron chi connectivity index (χ3n) is 1.95. The summed E-state index contributed by atoms with van der Waals surface area (Å²) in [6, 6.07) is 8.73. The normalized spacial score (nSPS) is 10.5. The highest BCUT2D eigenvalue weighted by atomic mass is 35.5. The summed E-state index contributed by atoms with van der Waals surface area (Å²) in [7, 11) is 0. The first kappa shape index (κ1) is 13.0. The van der Waals surface area contributed by atoms with Crippen LogP contribution in [0.3, 0.4) is 0 Å². The molecule has 1 amide bonds. The van der Waals surface area contributed by atoms with Crippen LogP contribution in [0.2, 0.25) is 5.02 Å². The van der Waals surface area contributed by atoms with E-state index in [-0.39, 0.29) is 5.57 Å². The monoisotopic (exact) mass is 246 g/mol. The molecule has 17 heavy (non-hydrogen) atoms. The highest BCUT2D eigenvalue weighted by Crippen LogP contribution is 2.12. The van der Waals surface area contributed by atoms with Crippen molar-refractivity contribution < 1.29 is 4.79 Å². The van der Waals surface area contributed by atoms with E-state index in [0.29, 0.717) is 11.6 Å². The molecule has 0 bridgehead atoms. The number of hydrogen-bond donors (Lipinski definition) is 1. The van der Waals surface area contributed by atoms with Gasteiger partial charge in [0, 0.05) is 11.6 Å². The zero-order valence-electron chi connectivity index (χ0n) is 9.11. The first-order chi connectivity index (χ1) is 8.17. The molecule has 1 aromatic carbocycles. The Labute approximate surface area is 105 Å². The van der Waals surface area contributed by atoms with Crippen LogP contribution in [-0.4, -0.2) is 12.5 Å². The first-order valence-corrected chi connectivity index (χ1v) is 5.31. The van der Waals surface area contributed by atoms with Crippen LogP contribution >= 0.6 is 11.6 Å². The molecule has 1 aromatic rings. The number of hydrogen-bond acceptors (Lipinski definition) is 2. The van der Waals surface area contributed by atoms with Gasteiger partial charge in [-0.15, -0.1) is 6.58 Å². The van der Waals surface area contributed by atoms with Crippen LogP contribution in [0.15, 0.2) is 42.5 Å². The molecule has 4 heteroatoms. The molecule has 0 aliphatic rings. The van der Waals surface area contributed by atoms with Crippen LogP contribution in [0, 0.1) is 11.3 Å². The fourth-order valence-corrected chi connectivity index (χ4v) is 1.26. The van der Waals surface area contributed by atoms with E-state index < -0.39 is 5.91 Å². The van der Waals surface area contributed by atoms with Crippen molar-refractivity contribution in [3.8, 4) is 6.07 Å². The predicted molar refractivity (Wildman–Crippen MR) is 68.2 cm³/mol. The largest absolute Gasteiger partial charge is 0.348 e. The van der Waals surface area contributed by atoms with Crippen molar-refractivity contribution in [3.63, 3.8) is 0 Å². The van der Waals surface area contributed by atoms with E-state index in [9.17, 15) is 4.79 Å². The van der Waals surface area contributed by atoms with E-state index in [1.54, 1.807) is 30.3 Å². The topological polar surface area (TPSA) is 52.9 Å². The molecule has 0 spiro atoms. The Morgan fingerprint density at radius 3 is 2.65 bits per heavy atom. The molecule has 1 rings (SSSR count). The minimum absolute atomic E-state index is 0.0502. The van der Waals surface area contributed by atoms with E-state index in [2.05, 4.69) is 11.9 Å². The number of amides is 1. The van der Waals surface area contributed by atoms with Gasteiger partial charge in [-0.2, -0.15) is 5.26 Å². The standard InChI is InChI=1S/C13H11ClN2O/c1-2-7-16-13(17)11(9-15)8-10-3-5-12(14)6-4-10/h2-6,8H,1,7H2,(H,16,17). The second-order valence-corrected chi connectivity index (χ2v) is 3.66. The van der Waals surface area contributed by atoms with Crippen molar-refractivity contribution in [1.29, 1.82) is 5.26 Å². The average Bonchev–Trinajstić information content (AvgIpc) is 2.35. The van der Waals surface area contributed by atoms with Gasteiger partial charge in [0.15, 0.2) is 0 Å². The van der Waals surface area contributed by atoms with Gasteiger partial charge in [-0.3, -0.25) is 4.79 Å². The molecule has 0 aliphatic heterocycles. The van der Waals surface area contributed by atoms with Crippen molar-refractivity contribution in [2.45, 2.75) is 0 Å². The summed E-state index contributed by atoms with van der Waals surface area (Å²) >= 11 is 5.74. The Morgan fingerprint density at radius 1 is 1.47 bits per heavy atom. The number of nitrogens with one attached hydrogen (secondary N) is 1. The van der Waals surface area contributed by atoms with E-state index in [0.717, 1.165) is 5.56 Å². The molecular formula is C13H11ClN2O. The number of benzene rings is 1. The molecule has 0 saturated heterocycles. The van der Waals surface area contributed by atoms with Gasteiger partial charge in [0.05, 0.1) is 0 Å². The number of halogens is 1. The van der Waals surface area contributed by atoms with Gasteiger partial charge in [-0.25, -0.2) is 0 Å². The van der Waals surface area contributed by atoms with Gasteiger partial charge in [-0.1, -0.05) is 29.8 Å². The van der Waals surface area contributed by atoms with E-state index in [1.165, 1.54) is 6.08 Å². The van der Waals surface area contributed by atoms with Crippen LogP contribution in [0.1, 0.15) is 5.56 Å². The molecule has 0 unspecified atom stereocenters. The Balaban J connectivity index is 2.87. The summed E-state index contributed by atoms with van der Waals surface area (Å²) in [6.07, 6.45) is 3.06. The Hall–Kier alpha value is -2.05. The molecule has 0 heterocycles. The van der Waals surface area contributed by atoms with Crippen LogP contribution in [0.4, 0.5) is 0 Å². The third-order valence-corrected chi connectivity index (χ3v) is 2.21. The number of carbonyl (C=O) groups is 1. The molecule has 86 valence electrons. The quantitative estimate of drug-likeness (QED) is 0.504. The summed E-state index contributed by atoms with van der Waals surface area (Å²) in [5.74, 6) is -0.414. The highest BCUT2D eigenvalue weighted by molar-refractivity contribution is 6.30. The maximum absolute atomic E-state index is 11.5. The zero-order chi connectivity index (χ0) is 12.7. The van der Waals surface area contributed by atoms with Crippen LogP contribution in [-0.2, 0) is 4.79 Å². The fraction of sp³-hybridized carbons (Fsp3) is 0.0769. The van der Waals surface area contributed by atoms with Crippen molar-refractivity contribution in [1.82, 2.24) is 5.32 Å². The van der Waals surface area contributed by atoms with Gasteiger partial charge >= 0.3 is 0 Å². The lowest BCUT2D eigenvalue weighted by Crippen LogP contribution is -2.24. The second-order valence-electron chi connectivity index (χ2n) is 3.22. The Kier molecular flexibility index (Phi) is 4.99. The SMILES string of the molecule is C=CCNC(=O)C(C#N)=Cc1ccc(Cl)cc1. The first-order valence-electron chi connectivity index (χ1n) is 4.94. The van der Waals surface area contributed by atoms with Gasteiger partial charge in [0.2, 0.25) is 0 Å². The minimum atomic E-state index is -0.414. The second kappa shape index (κ2) is 6.51. The van der Waals surface area contributed by atoms with Crippen LogP contribution < -0.4 is 5.32 Å². The molecule has 0 aromatic heterocycles. The molecule has 3 nitrogen and oxygen atoms in total. The molecule has 0 radical (unpaired) electrons. The van der Waals surface area contributed by atoms with E-state index in [4.69, 9.17) is 16.9 Å². The average molecular weight is 247 g/mol. The van der Waals surface area contributed by atoms with Crippen LogP contribution in [0.25, 0.3) is 6.08 Å². The van der Waals surface area contributed by atoms with Crippen molar-refractivity contribution in [3.05, 3.63) is 53.1 Å². The number of rotatable bonds is 4. The highest BCUT2D eigenvalue weighted by Gasteiger charge is 2.07. The lowest BCUT2D eigenvalue weighted by atomic mass is 10.1. The summed E-state index contributed by atoms with van der Waals surface area (Å²) in [4.78, 5) is 11.5. The van der Waals surface area contributed by atoms with Gasteiger partial charge < -0.3 is 5.32 Å². The van der Waals surface area contributed by atoms with E-state index in [1.807, 2.05) is 6.07 Å². The lowest BCUT2D eigenvalue weighted by Gasteiger charge is -2.00. The third kappa shape index (κ3) is 4.13. The van der Waals surface area contributed by atoms with Crippen LogP contribution in [0.5, 0.6) is 0 Å². The zero-order valence-corrected chi connectivity index (χ0v) is 9.87. The smallest absolute Gasteiger partial charge is 0.262 e. The maximum Gasteiger partial charge on any atom is 0.262 e. The molecule has 0 atom stereocenters. The van der Waals surface area contributed by atoms with Crippen molar-refractivity contribution in [2.75, 3.05) is 6.54 Å². The lowest BCUT2D eigenvalue weighted by molar-refractivity contribution is -0.116. The van der Waals surface area contributed by atoms with Gasteiger partial charge in [0.25, 0.3) is 5.91 Å². The fourth-order valence-electron chi connectivity index (χ4n) is 1.13. The van der Waals surface area contributed by atoms with E-state index >= 15 is 0 Å². The van der Waals surface area contributed by atoms with Gasteiger partial charge in [0.1, 0.15) is 11.6 Å². The number of nitrogens with zero attached hydrogens (tertiary/aromatic N) is 1. The summed E-state index contributed by atoms with van der Waals surface area (Å²) in [5.41, 5.74) is 0.800. The molecule has 0 aliphatic carbocycles. The Morgan fingerprint density at radius 2 is 2.12 bits per heavy atom. The number of carbonyl (C=O) groups excluding carboxylic acids is 1. The van der Waals surface area contributed by atoms with Crippen molar-refractivity contribution >= 4 is 23.6 Å². The molecular weight excluding hydrogens is 236 g/mol.